The molecule has 0 heterocycles. The standard InChI is InChI=1S/C14H14F3NO4/c1-7(19)3-6-11(20)22-8(2)14(21)18-10-5-4-9(15)12(16)13(10)17/h4-5,8H,3,6H2,1-2H3,(H,18,21)/t8-/m0/s1. The summed E-state index contributed by atoms with van der Waals surface area (Å²) in [7, 11) is 0. The highest BCUT2D eigenvalue weighted by Crippen LogP contribution is 2.19. The Hall–Kier alpha value is -2.38. The van der Waals surface area contributed by atoms with Crippen molar-refractivity contribution in [2.45, 2.75) is 32.8 Å². The molecule has 0 radical (unpaired) electrons. The molecule has 1 N–H and O–H groups in total. The molecular weight excluding hydrogens is 303 g/mol. The SMILES string of the molecule is CC(=O)CCC(=O)O[C@@H](C)C(=O)Nc1ccc(F)c(F)c1F. The Labute approximate surface area is 124 Å². The third-order valence-electron chi connectivity index (χ3n) is 2.65. The van der Waals surface area contributed by atoms with Crippen LogP contribution in [-0.4, -0.2) is 23.8 Å². The fraction of sp³-hybridized carbons (Fsp3) is 0.357. The Morgan fingerprint density at radius 2 is 1.77 bits per heavy atom. The minimum Gasteiger partial charge on any atom is -0.453 e. The highest BCUT2D eigenvalue weighted by atomic mass is 19.2. The summed E-state index contributed by atoms with van der Waals surface area (Å²) >= 11 is 0. The van der Waals surface area contributed by atoms with Gasteiger partial charge in [0, 0.05) is 6.42 Å². The predicted octanol–water partition coefficient (Wildman–Crippen LogP) is 2.34. The first kappa shape index (κ1) is 17.7. The average molecular weight is 317 g/mol. The van der Waals surface area contributed by atoms with E-state index in [0.29, 0.717) is 6.07 Å². The van der Waals surface area contributed by atoms with Gasteiger partial charge in [0.25, 0.3) is 5.91 Å². The highest BCUT2D eigenvalue weighted by Gasteiger charge is 2.21. The first-order valence-electron chi connectivity index (χ1n) is 6.35. The molecule has 0 spiro atoms. The van der Waals surface area contributed by atoms with Gasteiger partial charge in [-0.05, 0) is 26.0 Å². The van der Waals surface area contributed by atoms with Gasteiger partial charge in [-0.15, -0.1) is 0 Å². The van der Waals surface area contributed by atoms with Gasteiger partial charge in [0.15, 0.2) is 23.6 Å². The number of benzene rings is 1. The monoisotopic (exact) mass is 317 g/mol. The van der Waals surface area contributed by atoms with Crippen molar-refractivity contribution in [3.05, 3.63) is 29.6 Å². The van der Waals surface area contributed by atoms with Crippen LogP contribution < -0.4 is 5.32 Å². The molecule has 1 aromatic carbocycles. The number of carbonyl (C=O) groups excluding carboxylic acids is 3. The van der Waals surface area contributed by atoms with Gasteiger partial charge in [-0.2, -0.15) is 0 Å². The molecule has 1 rings (SSSR count). The molecule has 0 saturated heterocycles. The van der Waals surface area contributed by atoms with Crippen LogP contribution in [0.5, 0.6) is 0 Å². The van der Waals surface area contributed by atoms with Crippen molar-refractivity contribution in [2.75, 3.05) is 5.32 Å². The van der Waals surface area contributed by atoms with E-state index in [4.69, 9.17) is 4.74 Å². The minimum absolute atomic E-state index is 0.0228. The Balaban J connectivity index is 2.63. The van der Waals surface area contributed by atoms with E-state index in [1.54, 1.807) is 0 Å². The normalized spacial score (nSPS) is 11.7. The molecule has 0 unspecified atom stereocenters. The third-order valence-corrected chi connectivity index (χ3v) is 2.65. The van der Waals surface area contributed by atoms with Crippen molar-refractivity contribution in [3.63, 3.8) is 0 Å². The zero-order chi connectivity index (χ0) is 16.9. The number of rotatable bonds is 6. The van der Waals surface area contributed by atoms with Crippen molar-refractivity contribution in [1.29, 1.82) is 0 Å². The van der Waals surface area contributed by atoms with Crippen molar-refractivity contribution >= 4 is 23.3 Å². The van der Waals surface area contributed by atoms with Crippen LogP contribution in [0.2, 0.25) is 0 Å². The summed E-state index contributed by atoms with van der Waals surface area (Å²) < 4.78 is 43.9. The van der Waals surface area contributed by atoms with Crippen LogP contribution in [0.3, 0.4) is 0 Å². The van der Waals surface area contributed by atoms with Crippen LogP contribution in [0.1, 0.15) is 26.7 Å². The fourth-order valence-corrected chi connectivity index (χ4v) is 1.44. The summed E-state index contributed by atoms with van der Waals surface area (Å²) in [6, 6.07) is 1.49. The van der Waals surface area contributed by atoms with Crippen molar-refractivity contribution < 1.29 is 32.3 Å². The van der Waals surface area contributed by atoms with E-state index in [2.05, 4.69) is 0 Å². The van der Waals surface area contributed by atoms with Gasteiger partial charge in [0.2, 0.25) is 0 Å². The highest BCUT2D eigenvalue weighted by molar-refractivity contribution is 5.95. The lowest BCUT2D eigenvalue weighted by atomic mass is 10.2. The fourth-order valence-electron chi connectivity index (χ4n) is 1.44. The van der Waals surface area contributed by atoms with E-state index in [9.17, 15) is 27.6 Å². The number of nitrogens with one attached hydrogen (secondary N) is 1. The number of ether oxygens (including phenoxy) is 1. The maximum atomic E-state index is 13.4. The van der Waals surface area contributed by atoms with Gasteiger partial charge < -0.3 is 14.8 Å². The van der Waals surface area contributed by atoms with Crippen LogP contribution in [0.15, 0.2) is 12.1 Å². The molecule has 0 saturated carbocycles. The van der Waals surface area contributed by atoms with Gasteiger partial charge in [-0.25, -0.2) is 13.2 Å². The average Bonchev–Trinajstić information content (AvgIpc) is 2.45. The second kappa shape index (κ2) is 7.58. The van der Waals surface area contributed by atoms with Gasteiger partial charge in [-0.1, -0.05) is 0 Å². The lowest BCUT2D eigenvalue weighted by Gasteiger charge is -2.14. The van der Waals surface area contributed by atoms with Crippen LogP contribution in [0.25, 0.3) is 0 Å². The second-order valence-electron chi connectivity index (χ2n) is 4.55. The molecule has 120 valence electrons. The molecule has 22 heavy (non-hydrogen) atoms. The molecule has 0 aliphatic rings. The third kappa shape index (κ3) is 4.87. The molecule has 0 fully saturated rings. The summed E-state index contributed by atoms with van der Waals surface area (Å²) in [5.41, 5.74) is -0.574. The quantitative estimate of drug-likeness (QED) is 0.646. The summed E-state index contributed by atoms with van der Waals surface area (Å²) in [6.07, 6.45) is -1.50. The zero-order valence-electron chi connectivity index (χ0n) is 11.9. The molecule has 1 aromatic rings. The Morgan fingerprint density at radius 1 is 1.14 bits per heavy atom. The summed E-state index contributed by atoms with van der Waals surface area (Å²) in [6.45, 7) is 2.52. The van der Waals surface area contributed by atoms with Crippen LogP contribution in [0, 0.1) is 17.5 Å². The Morgan fingerprint density at radius 3 is 2.36 bits per heavy atom. The maximum absolute atomic E-state index is 13.4. The van der Waals surface area contributed by atoms with Gasteiger partial charge in [0.05, 0.1) is 12.1 Å². The number of hydrogen-bond acceptors (Lipinski definition) is 4. The molecule has 0 bridgehead atoms. The number of Topliss-reactive ketones (excluding diaryl/α,β-unsaturated/α-hetero) is 1. The molecule has 0 aromatic heterocycles. The number of anilines is 1. The smallest absolute Gasteiger partial charge is 0.307 e. The lowest BCUT2D eigenvalue weighted by Crippen LogP contribution is -2.30. The number of ketones is 1. The molecule has 5 nitrogen and oxygen atoms in total. The molecule has 0 aliphatic heterocycles. The van der Waals surface area contributed by atoms with E-state index < -0.39 is 41.1 Å². The molecule has 1 amide bonds. The maximum Gasteiger partial charge on any atom is 0.307 e. The molecular formula is C14H14F3NO4. The van der Waals surface area contributed by atoms with E-state index >= 15 is 0 Å². The van der Waals surface area contributed by atoms with Crippen molar-refractivity contribution in [1.82, 2.24) is 0 Å². The Kier molecular flexibility index (Phi) is 6.09. The molecule has 1 atom stereocenters. The number of carbonyl (C=O) groups is 3. The van der Waals surface area contributed by atoms with Crippen LogP contribution in [0.4, 0.5) is 18.9 Å². The number of amides is 1. The Bertz CT molecular complexity index is 604. The second-order valence-corrected chi connectivity index (χ2v) is 4.55. The molecule has 8 heteroatoms. The predicted molar refractivity (Wildman–Crippen MR) is 70.4 cm³/mol. The lowest BCUT2D eigenvalue weighted by molar-refractivity contribution is -0.153. The van der Waals surface area contributed by atoms with E-state index in [-0.39, 0.29) is 18.6 Å². The van der Waals surface area contributed by atoms with Crippen LogP contribution >= 0.6 is 0 Å². The summed E-state index contributed by atoms with van der Waals surface area (Å²) in [4.78, 5) is 33.7. The number of esters is 1. The largest absolute Gasteiger partial charge is 0.453 e. The van der Waals surface area contributed by atoms with Crippen molar-refractivity contribution in [3.8, 4) is 0 Å². The molecule has 0 aliphatic carbocycles. The summed E-state index contributed by atoms with van der Waals surface area (Å²) in [5, 5.41) is 1.98. The summed E-state index contributed by atoms with van der Waals surface area (Å²) in [5.74, 6) is -6.56. The first-order chi connectivity index (χ1) is 10.2. The number of hydrogen-bond donors (Lipinski definition) is 1. The first-order valence-corrected chi connectivity index (χ1v) is 6.35. The van der Waals surface area contributed by atoms with Crippen molar-refractivity contribution in [2.24, 2.45) is 0 Å². The van der Waals surface area contributed by atoms with Crippen LogP contribution in [-0.2, 0) is 19.1 Å². The van der Waals surface area contributed by atoms with E-state index in [1.165, 1.54) is 13.8 Å². The number of halogens is 3. The zero-order valence-corrected chi connectivity index (χ0v) is 11.9. The van der Waals surface area contributed by atoms with Gasteiger partial charge in [0.1, 0.15) is 5.78 Å². The minimum atomic E-state index is -1.72. The van der Waals surface area contributed by atoms with Gasteiger partial charge >= 0.3 is 5.97 Å². The van der Waals surface area contributed by atoms with E-state index in [1.807, 2.05) is 5.32 Å². The van der Waals surface area contributed by atoms with E-state index in [0.717, 1.165) is 6.07 Å². The topological polar surface area (TPSA) is 72.5 Å². The van der Waals surface area contributed by atoms with Gasteiger partial charge in [-0.3, -0.25) is 9.59 Å².